The highest BCUT2D eigenvalue weighted by molar-refractivity contribution is 6.21. The van der Waals surface area contributed by atoms with Crippen LogP contribution in [0.4, 0.5) is 10.5 Å². The molecular weight excluding hydrogens is 542 g/mol. The van der Waals surface area contributed by atoms with Crippen molar-refractivity contribution in [2.75, 3.05) is 24.8 Å². The van der Waals surface area contributed by atoms with Crippen LogP contribution in [0.25, 0.3) is 0 Å². The maximum absolute atomic E-state index is 13.4. The fraction of sp³-hybridized carbons (Fsp3) is 0.300. The van der Waals surface area contributed by atoms with Crippen molar-refractivity contribution in [3.8, 4) is 5.75 Å². The fourth-order valence-electron chi connectivity index (χ4n) is 4.03. The van der Waals surface area contributed by atoms with Crippen molar-refractivity contribution in [2.24, 2.45) is 0 Å². The number of aromatic hydroxyl groups is 1. The van der Waals surface area contributed by atoms with E-state index >= 15 is 0 Å². The molecule has 222 valence electrons. The van der Waals surface area contributed by atoms with Gasteiger partial charge in [-0.25, -0.2) is 9.69 Å². The van der Waals surface area contributed by atoms with Gasteiger partial charge in [-0.05, 0) is 68.1 Å². The molecule has 0 bridgehead atoms. The monoisotopic (exact) mass is 577 g/mol. The van der Waals surface area contributed by atoms with E-state index in [0.717, 1.165) is 11.3 Å². The summed E-state index contributed by atoms with van der Waals surface area (Å²) >= 11 is 0. The minimum atomic E-state index is -1.04. The second-order valence-corrected chi connectivity index (χ2v) is 9.39. The van der Waals surface area contributed by atoms with Gasteiger partial charge in [0, 0.05) is 24.8 Å². The minimum absolute atomic E-state index is 0.0567. The first-order valence-corrected chi connectivity index (χ1v) is 13.4. The number of amidine groups is 1. The van der Waals surface area contributed by atoms with E-state index in [4.69, 9.17) is 14.9 Å². The molecule has 12 nitrogen and oxygen atoms in total. The molecule has 0 spiro atoms. The second-order valence-electron chi connectivity index (χ2n) is 9.39. The normalized spacial score (nSPS) is 10.5. The number of hydrogen-bond donors (Lipinski definition) is 5. The number of ether oxygens (including phenoxy) is 2. The lowest BCUT2D eigenvalue weighted by atomic mass is 10.1. The van der Waals surface area contributed by atoms with Crippen molar-refractivity contribution in [3.63, 3.8) is 0 Å². The Morgan fingerprint density at radius 2 is 1.69 bits per heavy atom. The van der Waals surface area contributed by atoms with Crippen molar-refractivity contribution < 1.29 is 33.8 Å². The summed E-state index contributed by atoms with van der Waals surface area (Å²) in [5, 5.41) is 23.8. The molecule has 0 unspecified atom stereocenters. The average molecular weight is 578 g/mol. The zero-order valence-corrected chi connectivity index (χ0v) is 24.0. The van der Waals surface area contributed by atoms with E-state index < -0.39 is 18.9 Å². The summed E-state index contributed by atoms with van der Waals surface area (Å²) in [5.41, 5.74) is 2.51. The topological polar surface area (TPSA) is 174 Å². The molecule has 12 heteroatoms. The molecule has 3 rings (SSSR count). The molecule has 1 heterocycles. The third-order valence-electron chi connectivity index (χ3n) is 6.30. The van der Waals surface area contributed by atoms with E-state index in [2.05, 4.69) is 15.6 Å². The van der Waals surface area contributed by atoms with Gasteiger partial charge >= 0.3 is 12.1 Å². The number of rotatable bonds is 11. The number of carbonyl (C=O) groups is 4. The van der Waals surface area contributed by atoms with Crippen LogP contribution in [0.5, 0.6) is 5.75 Å². The van der Waals surface area contributed by atoms with E-state index in [0.29, 0.717) is 35.3 Å². The number of amides is 3. The molecular formula is C30H35N5O7. The Labute approximate surface area is 243 Å². The number of nitrogens with zero attached hydrogens (tertiary/aromatic N) is 1. The molecule has 3 amide bonds. The minimum Gasteiger partial charge on any atom is -0.508 e. The van der Waals surface area contributed by atoms with E-state index in [1.807, 2.05) is 6.92 Å². The zero-order chi connectivity index (χ0) is 30.8. The summed E-state index contributed by atoms with van der Waals surface area (Å²) in [6.07, 6.45) is 1.02. The Balaban J connectivity index is 1.88. The number of aromatic amines is 1. The maximum atomic E-state index is 13.4. The summed E-state index contributed by atoms with van der Waals surface area (Å²) in [5.74, 6) is -1.66. The van der Waals surface area contributed by atoms with Gasteiger partial charge < -0.3 is 30.2 Å². The molecule has 0 aliphatic heterocycles. The van der Waals surface area contributed by atoms with Crippen molar-refractivity contribution >= 4 is 35.4 Å². The Hall–Kier alpha value is -5.13. The predicted molar refractivity (Wildman–Crippen MR) is 156 cm³/mol. The van der Waals surface area contributed by atoms with Crippen molar-refractivity contribution in [3.05, 3.63) is 82.2 Å². The fourth-order valence-corrected chi connectivity index (χ4v) is 4.03. The first kappa shape index (κ1) is 31.4. The zero-order valence-electron chi connectivity index (χ0n) is 24.0. The van der Waals surface area contributed by atoms with Crippen LogP contribution in [0.15, 0.2) is 48.7 Å². The number of carbonyl (C=O) groups excluding carboxylic acids is 4. The maximum Gasteiger partial charge on any atom is 0.423 e. The number of hydrogen-bond acceptors (Lipinski definition) is 8. The van der Waals surface area contributed by atoms with E-state index in [1.54, 1.807) is 45.0 Å². The smallest absolute Gasteiger partial charge is 0.423 e. The summed E-state index contributed by atoms with van der Waals surface area (Å²) < 4.78 is 10.3. The molecule has 5 N–H and O–H groups in total. The summed E-state index contributed by atoms with van der Waals surface area (Å²) in [6, 6.07) is 10.7. The van der Waals surface area contributed by atoms with Gasteiger partial charge in [0.1, 0.15) is 5.75 Å². The largest absolute Gasteiger partial charge is 0.508 e. The highest BCUT2D eigenvalue weighted by Gasteiger charge is 2.29. The summed E-state index contributed by atoms with van der Waals surface area (Å²) in [6.45, 7) is 7.19. The number of benzene rings is 2. The lowest BCUT2D eigenvalue weighted by Crippen LogP contribution is -2.39. The van der Waals surface area contributed by atoms with Gasteiger partial charge in [0.15, 0.2) is 5.84 Å². The van der Waals surface area contributed by atoms with Crippen LogP contribution in [-0.2, 0) is 20.7 Å². The van der Waals surface area contributed by atoms with Gasteiger partial charge in [0.25, 0.3) is 11.8 Å². The quantitative estimate of drug-likeness (QED) is 0.0993. The molecule has 0 fully saturated rings. The molecule has 42 heavy (non-hydrogen) atoms. The first-order valence-electron chi connectivity index (χ1n) is 13.4. The number of phenolic OH excluding ortho intramolecular Hbond substituents is 1. The molecule has 0 atom stereocenters. The highest BCUT2D eigenvalue weighted by Crippen LogP contribution is 2.26. The van der Waals surface area contributed by atoms with Crippen LogP contribution in [0.3, 0.4) is 0 Å². The number of esters is 1. The summed E-state index contributed by atoms with van der Waals surface area (Å²) in [4.78, 5) is 54.7. The number of H-pyrrole nitrogens is 1. The third kappa shape index (κ3) is 7.74. The number of aryl methyl sites for hydroxylation is 1. The van der Waals surface area contributed by atoms with Gasteiger partial charge in [0.2, 0.25) is 6.79 Å². The van der Waals surface area contributed by atoms with Crippen LogP contribution in [0.2, 0.25) is 0 Å². The van der Waals surface area contributed by atoms with Crippen LogP contribution < -0.4 is 15.5 Å². The van der Waals surface area contributed by atoms with Gasteiger partial charge in [-0.15, -0.1) is 0 Å². The number of nitrogens with one attached hydrogen (secondary N) is 4. The Morgan fingerprint density at radius 3 is 2.36 bits per heavy atom. The standard InChI is InChI=1S/C30H35N5O7/c1-5-13-33-28(38)21-10-7-18(3)24(15-21)35(27(31)26-19(4)23(16-34-26)29(39)32-6-2)30(40)42-17-41-25(37)14-20-8-11-22(36)12-9-20/h7-12,15-16,31,34,36H,5-6,13-14,17H2,1-4H3,(H,32,39)(H,33,38). The van der Waals surface area contributed by atoms with Crippen molar-refractivity contribution in [1.82, 2.24) is 15.6 Å². The van der Waals surface area contributed by atoms with E-state index in [-0.39, 0.29) is 46.8 Å². The van der Waals surface area contributed by atoms with E-state index in [1.165, 1.54) is 24.4 Å². The number of anilines is 1. The number of phenols is 1. The third-order valence-corrected chi connectivity index (χ3v) is 6.30. The molecule has 0 radical (unpaired) electrons. The molecule has 0 aliphatic carbocycles. The van der Waals surface area contributed by atoms with Gasteiger partial charge in [-0.3, -0.25) is 19.8 Å². The SMILES string of the molecule is CCCNC(=O)c1ccc(C)c(N(C(=N)c2[nH]cc(C(=O)NCC)c2C)C(=O)OCOC(=O)Cc2ccc(O)cc2)c1. The number of aromatic nitrogens is 1. The first-order chi connectivity index (χ1) is 20.1. The molecule has 0 saturated heterocycles. The van der Waals surface area contributed by atoms with Gasteiger partial charge in [-0.2, -0.15) is 0 Å². The lowest BCUT2D eigenvalue weighted by Gasteiger charge is -2.25. The van der Waals surface area contributed by atoms with E-state index in [9.17, 15) is 24.3 Å². The van der Waals surface area contributed by atoms with Gasteiger partial charge in [0.05, 0.1) is 23.4 Å². The van der Waals surface area contributed by atoms with Crippen LogP contribution in [-0.4, -0.2) is 59.7 Å². The lowest BCUT2D eigenvalue weighted by molar-refractivity contribution is -0.150. The van der Waals surface area contributed by atoms with Crippen molar-refractivity contribution in [2.45, 2.75) is 40.5 Å². The van der Waals surface area contributed by atoms with Crippen LogP contribution >= 0.6 is 0 Å². The molecule has 1 aromatic heterocycles. The molecule has 2 aromatic carbocycles. The van der Waals surface area contributed by atoms with Gasteiger partial charge in [-0.1, -0.05) is 25.1 Å². The molecule has 3 aromatic rings. The molecule has 0 aliphatic rings. The predicted octanol–water partition coefficient (Wildman–Crippen LogP) is 3.94. The van der Waals surface area contributed by atoms with Crippen LogP contribution in [0.1, 0.15) is 63.4 Å². The van der Waals surface area contributed by atoms with Crippen molar-refractivity contribution in [1.29, 1.82) is 5.41 Å². The Morgan fingerprint density at radius 1 is 0.976 bits per heavy atom. The average Bonchev–Trinajstić information content (AvgIpc) is 3.35. The Bertz CT molecular complexity index is 1460. The summed E-state index contributed by atoms with van der Waals surface area (Å²) in [7, 11) is 0. The highest BCUT2D eigenvalue weighted by atomic mass is 16.7. The van der Waals surface area contributed by atoms with Crippen LogP contribution in [0, 0.1) is 19.3 Å². The Kier molecular flexibility index (Phi) is 10.8. The molecule has 0 saturated carbocycles. The second kappa shape index (κ2) is 14.5.